The molecule has 0 aromatic carbocycles. The second-order valence-corrected chi connectivity index (χ2v) is 5.30. The van der Waals surface area contributed by atoms with Crippen molar-refractivity contribution in [3.8, 4) is 5.75 Å². The maximum absolute atomic E-state index is 5.71. The molecule has 96 valence electrons. The maximum atomic E-state index is 5.71. The third kappa shape index (κ3) is 3.05. The fourth-order valence-corrected chi connectivity index (χ4v) is 2.13. The second kappa shape index (κ2) is 5.93. The van der Waals surface area contributed by atoms with Gasteiger partial charge in [-0.2, -0.15) is 0 Å². The lowest BCUT2D eigenvalue weighted by atomic mass is 10.2. The van der Waals surface area contributed by atoms with Crippen LogP contribution in [0.3, 0.4) is 0 Å². The molecule has 2 aromatic heterocycles. The van der Waals surface area contributed by atoms with E-state index in [1.165, 1.54) is 4.88 Å². The monoisotopic (exact) mass is 263 g/mol. The molecule has 0 atom stereocenters. The number of aromatic nitrogens is 2. The molecule has 2 rings (SSSR count). The number of hydrogen-bond donors (Lipinski definition) is 1. The summed E-state index contributed by atoms with van der Waals surface area (Å²) in [5, 5.41) is 2.03. The number of hydrogen-bond acceptors (Lipinski definition) is 5. The molecule has 4 nitrogen and oxygen atoms in total. The Morgan fingerprint density at radius 2 is 2.28 bits per heavy atom. The number of nitrogens with zero attached hydrogens (tertiary/aromatic N) is 2. The van der Waals surface area contributed by atoms with E-state index in [0.717, 1.165) is 11.5 Å². The molecule has 0 amide bonds. The standard InChI is InChI=1S/C13H17N3OS/c1-9(2)13-15-7-12(11(6-14)16-13)17-8-10-4-3-5-18-10/h3-5,7,9H,6,8,14H2,1-2H3. The van der Waals surface area contributed by atoms with Crippen LogP contribution < -0.4 is 10.5 Å². The first-order chi connectivity index (χ1) is 8.70. The zero-order valence-electron chi connectivity index (χ0n) is 10.6. The molecule has 2 N–H and O–H groups in total. The minimum Gasteiger partial charge on any atom is -0.484 e. The van der Waals surface area contributed by atoms with Crippen molar-refractivity contribution in [2.45, 2.75) is 32.9 Å². The van der Waals surface area contributed by atoms with Gasteiger partial charge in [0, 0.05) is 17.3 Å². The topological polar surface area (TPSA) is 61.0 Å². The van der Waals surface area contributed by atoms with Crippen molar-refractivity contribution in [3.05, 3.63) is 40.1 Å². The normalized spacial score (nSPS) is 10.9. The quantitative estimate of drug-likeness (QED) is 0.901. The molecule has 0 aliphatic carbocycles. The number of thiophene rings is 1. The van der Waals surface area contributed by atoms with Gasteiger partial charge in [0.2, 0.25) is 0 Å². The smallest absolute Gasteiger partial charge is 0.160 e. The minimum atomic E-state index is 0.293. The predicted octanol–water partition coefficient (Wildman–Crippen LogP) is 2.70. The van der Waals surface area contributed by atoms with E-state index in [4.69, 9.17) is 10.5 Å². The van der Waals surface area contributed by atoms with Crippen molar-refractivity contribution in [1.82, 2.24) is 9.97 Å². The van der Waals surface area contributed by atoms with Gasteiger partial charge >= 0.3 is 0 Å². The average Bonchev–Trinajstić information content (AvgIpc) is 2.89. The van der Waals surface area contributed by atoms with Gasteiger partial charge in [0.1, 0.15) is 12.4 Å². The van der Waals surface area contributed by atoms with Crippen LogP contribution in [0, 0.1) is 0 Å². The number of rotatable bonds is 5. The van der Waals surface area contributed by atoms with Crippen molar-refractivity contribution in [2.24, 2.45) is 5.73 Å². The van der Waals surface area contributed by atoms with Crippen molar-refractivity contribution in [1.29, 1.82) is 0 Å². The van der Waals surface area contributed by atoms with Crippen LogP contribution in [0.25, 0.3) is 0 Å². The van der Waals surface area contributed by atoms with E-state index in [1.54, 1.807) is 17.5 Å². The highest BCUT2D eigenvalue weighted by Crippen LogP contribution is 2.20. The van der Waals surface area contributed by atoms with Crippen molar-refractivity contribution in [2.75, 3.05) is 0 Å². The van der Waals surface area contributed by atoms with Gasteiger partial charge < -0.3 is 10.5 Å². The van der Waals surface area contributed by atoms with Crippen LogP contribution in [0.4, 0.5) is 0 Å². The van der Waals surface area contributed by atoms with Crippen LogP contribution in [0.1, 0.15) is 36.2 Å². The van der Waals surface area contributed by atoms with Crippen LogP contribution in [0.15, 0.2) is 23.7 Å². The molecule has 0 radical (unpaired) electrons. The number of ether oxygens (including phenoxy) is 1. The summed E-state index contributed by atoms with van der Waals surface area (Å²) in [7, 11) is 0. The van der Waals surface area contributed by atoms with E-state index < -0.39 is 0 Å². The van der Waals surface area contributed by atoms with Crippen LogP contribution in [0.2, 0.25) is 0 Å². The second-order valence-electron chi connectivity index (χ2n) is 4.27. The summed E-state index contributed by atoms with van der Waals surface area (Å²) in [5.74, 6) is 1.77. The third-order valence-electron chi connectivity index (χ3n) is 2.51. The molecular weight excluding hydrogens is 246 g/mol. The molecule has 5 heteroatoms. The van der Waals surface area contributed by atoms with E-state index in [9.17, 15) is 0 Å². The molecule has 2 aromatic rings. The highest BCUT2D eigenvalue weighted by Gasteiger charge is 2.09. The fourth-order valence-electron chi connectivity index (χ4n) is 1.51. The Hall–Kier alpha value is -1.46. The largest absolute Gasteiger partial charge is 0.484 e. The molecule has 2 heterocycles. The fraction of sp³-hybridized carbons (Fsp3) is 0.385. The molecule has 0 saturated carbocycles. The van der Waals surface area contributed by atoms with Gasteiger partial charge in [0.05, 0.1) is 11.9 Å². The Morgan fingerprint density at radius 1 is 1.44 bits per heavy atom. The van der Waals surface area contributed by atoms with Crippen molar-refractivity contribution >= 4 is 11.3 Å². The molecule has 0 unspecified atom stereocenters. The van der Waals surface area contributed by atoms with Crippen molar-refractivity contribution in [3.63, 3.8) is 0 Å². The van der Waals surface area contributed by atoms with Crippen LogP contribution >= 0.6 is 11.3 Å². The zero-order chi connectivity index (χ0) is 13.0. The molecule has 0 spiro atoms. The molecule has 0 aliphatic rings. The lowest BCUT2D eigenvalue weighted by Crippen LogP contribution is -2.09. The maximum Gasteiger partial charge on any atom is 0.160 e. The van der Waals surface area contributed by atoms with Gasteiger partial charge in [-0.1, -0.05) is 19.9 Å². The lowest BCUT2D eigenvalue weighted by Gasteiger charge is -2.11. The first kappa shape index (κ1) is 13.0. The first-order valence-electron chi connectivity index (χ1n) is 5.91. The Kier molecular flexibility index (Phi) is 4.28. The highest BCUT2D eigenvalue weighted by atomic mass is 32.1. The van der Waals surface area contributed by atoms with E-state index in [2.05, 4.69) is 23.8 Å². The molecule has 0 fully saturated rings. The SMILES string of the molecule is CC(C)c1ncc(OCc2cccs2)c(CN)n1. The molecule has 0 aliphatic heterocycles. The zero-order valence-corrected chi connectivity index (χ0v) is 11.4. The Bertz CT molecular complexity index is 497. The Morgan fingerprint density at radius 3 is 2.89 bits per heavy atom. The summed E-state index contributed by atoms with van der Waals surface area (Å²) in [6, 6.07) is 4.04. The van der Waals surface area contributed by atoms with E-state index in [-0.39, 0.29) is 0 Å². The Balaban J connectivity index is 2.12. The van der Waals surface area contributed by atoms with E-state index in [0.29, 0.717) is 24.8 Å². The van der Waals surface area contributed by atoms with Gasteiger partial charge in [-0.3, -0.25) is 0 Å². The minimum absolute atomic E-state index is 0.293. The van der Waals surface area contributed by atoms with Gasteiger partial charge in [-0.25, -0.2) is 9.97 Å². The van der Waals surface area contributed by atoms with Gasteiger partial charge in [-0.15, -0.1) is 11.3 Å². The van der Waals surface area contributed by atoms with Gasteiger partial charge in [0.25, 0.3) is 0 Å². The first-order valence-corrected chi connectivity index (χ1v) is 6.79. The van der Waals surface area contributed by atoms with Crippen molar-refractivity contribution < 1.29 is 4.74 Å². The molecule has 0 bridgehead atoms. The van der Waals surface area contributed by atoms with E-state index >= 15 is 0 Å². The highest BCUT2D eigenvalue weighted by molar-refractivity contribution is 7.09. The van der Waals surface area contributed by atoms with Gasteiger partial charge in [-0.05, 0) is 11.4 Å². The summed E-state index contributed by atoms with van der Waals surface area (Å²) < 4.78 is 5.71. The Labute approximate surface area is 111 Å². The van der Waals surface area contributed by atoms with Crippen LogP contribution in [0.5, 0.6) is 5.75 Å². The lowest BCUT2D eigenvalue weighted by molar-refractivity contribution is 0.302. The van der Waals surface area contributed by atoms with E-state index in [1.807, 2.05) is 17.5 Å². The van der Waals surface area contributed by atoms with Crippen LogP contribution in [-0.2, 0) is 13.2 Å². The summed E-state index contributed by atoms with van der Waals surface area (Å²) in [6.45, 7) is 5.01. The number of nitrogens with two attached hydrogens (primary N) is 1. The summed E-state index contributed by atoms with van der Waals surface area (Å²) in [4.78, 5) is 9.90. The predicted molar refractivity (Wildman–Crippen MR) is 72.7 cm³/mol. The average molecular weight is 263 g/mol. The molecule has 0 saturated heterocycles. The summed E-state index contributed by atoms with van der Waals surface area (Å²) in [5.41, 5.74) is 6.47. The molecule has 18 heavy (non-hydrogen) atoms. The summed E-state index contributed by atoms with van der Waals surface area (Å²) >= 11 is 1.67. The molecular formula is C13H17N3OS. The third-order valence-corrected chi connectivity index (χ3v) is 3.36. The van der Waals surface area contributed by atoms with Gasteiger partial charge in [0.15, 0.2) is 5.75 Å². The summed E-state index contributed by atoms with van der Waals surface area (Å²) in [6.07, 6.45) is 1.72. The van der Waals surface area contributed by atoms with Crippen LogP contribution in [-0.4, -0.2) is 9.97 Å².